The standard InChI is InChI=1S/C17H28N2O2/c1-11-6-7-14(10-12(11)2)19-13(3)15(20)18-17(16(19)21)8-4-5-9-17/h11-14H,4-10H2,1-3H3,(H,18,20). The summed E-state index contributed by atoms with van der Waals surface area (Å²) in [5.74, 6) is 1.60. The summed E-state index contributed by atoms with van der Waals surface area (Å²) in [6.45, 7) is 6.46. The number of carbonyl (C=O) groups is 2. The van der Waals surface area contributed by atoms with Crippen molar-refractivity contribution in [1.82, 2.24) is 10.2 Å². The van der Waals surface area contributed by atoms with E-state index in [9.17, 15) is 9.59 Å². The van der Waals surface area contributed by atoms with Gasteiger partial charge in [-0.1, -0.05) is 26.7 Å². The van der Waals surface area contributed by atoms with Crippen LogP contribution in [0.25, 0.3) is 0 Å². The van der Waals surface area contributed by atoms with Crippen LogP contribution in [0.4, 0.5) is 0 Å². The zero-order valence-corrected chi connectivity index (χ0v) is 13.5. The average Bonchev–Trinajstić information content (AvgIpc) is 2.90. The van der Waals surface area contributed by atoms with E-state index in [1.807, 2.05) is 11.8 Å². The summed E-state index contributed by atoms with van der Waals surface area (Å²) in [7, 11) is 0. The predicted octanol–water partition coefficient (Wildman–Crippen LogP) is 2.47. The Morgan fingerprint density at radius 1 is 1.05 bits per heavy atom. The van der Waals surface area contributed by atoms with E-state index in [-0.39, 0.29) is 23.9 Å². The van der Waals surface area contributed by atoms with E-state index >= 15 is 0 Å². The molecule has 21 heavy (non-hydrogen) atoms. The highest BCUT2D eigenvalue weighted by atomic mass is 16.2. The van der Waals surface area contributed by atoms with Crippen LogP contribution in [0.1, 0.15) is 65.7 Å². The van der Waals surface area contributed by atoms with Gasteiger partial charge in [0.2, 0.25) is 11.8 Å². The van der Waals surface area contributed by atoms with Crippen molar-refractivity contribution in [3.8, 4) is 0 Å². The number of nitrogens with zero attached hydrogens (tertiary/aromatic N) is 1. The summed E-state index contributed by atoms with van der Waals surface area (Å²) in [4.78, 5) is 27.4. The van der Waals surface area contributed by atoms with E-state index < -0.39 is 5.54 Å². The van der Waals surface area contributed by atoms with Crippen molar-refractivity contribution < 1.29 is 9.59 Å². The van der Waals surface area contributed by atoms with Gasteiger partial charge in [0.25, 0.3) is 0 Å². The number of carbonyl (C=O) groups excluding carboxylic acids is 2. The highest BCUT2D eigenvalue weighted by Crippen LogP contribution is 2.39. The molecule has 1 aliphatic heterocycles. The van der Waals surface area contributed by atoms with Crippen LogP contribution < -0.4 is 5.32 Å². The van der Waals surface area contributed by atoms with Crippen molar-refractivity contribution in [2.45, 2.75) is 83.3 Å². The minimum absolute atomic E-state index is 0.0442. The Labute approximate surface area is 127 Å². The summed E-state index contributed by atoms with van der Waals surface area (Å²) in [6, 6.07) is -0.0587. The largest absolute Gasteiger partial charge is 0.340 e. The quantitative estimate of drug-likeness (QED) is 0.807. The fourth-order valence-corrected chi connectivity index (χ4v) is 4.51. The molecule has 3 rings (SSSR count). The number of piperazine rings is 1. The number of hydrogen-bond donors (Lipinski definition) is 1. The van der Waals surface area contributed by atoms with Crippen LogP contribution in [0.15, 0.2) is 0 Å². The van der Waals surface area contributed by atoms with Crippen molar-refractivity contribution in [3.63, 3.8) is 0 Å². The lowest BCUT2D eigenvalue weighted by Crippen LogP contribution is -2.70. The Morgan fingerprint density at radius 3 is 2.33 bits per heavy atom. The van der Waals surface area contributed by atoms with Crippen LogP contribution in [-0.4, -0.2) is 34.3 Å². The van der Waals surface area contributed by atoms with Gasteiger partial charge in [-0.3, -0.25) is 9.59 Å². The van der Waals surface area contributed by atoms with Crippen LogP contribution in [-0.2, 0) is 9.59 Å². The molecule has 2 amide bonds. The van der Waals surface area contributed by atoms with Crippen molar-refractivity contribution >= 4 is 11.8 Å². The summed E-state index contributed by atoms with van der Waals surface area (Å²) in [5.41, 5.74) is -0.574. The molecule has 4 atom stereocenters. The molecule has 0 bridgehead atoms. The maximum atomic E-state index is 13.1. The van der Waals surface area contributed by atoms with Gasteiger partial charge in [0.15, 0.2) is 0 Å². The van der Waals surface area contributed by atoms with E-state index in [1.165, 1.54) is 0 Å². The lowest BCUT2D eigenvalue weighted by atomic mass is 9.77. The first kappa shape index (κ1) is 14.9. The third-order valence-electron chi connectivity index (χ3n) is 6.22. The van der Waals surface area contributed by atoms with Gasteiger partial charge in [-0.25, -0.2) is 0 Å². The normalized spacial score (nSPS) is 39.7. The second-order valence-corrected chi connectivity index (χ2v) is 7.59. The Balaban J connectivity index is 1.84. The first-order chi connectivity index (χ1) is 9.94. The van der Waals surface area contributed by atoms with Crippen LogP contribution in [0.2, 0.25) is 0 Å². The van der Waals surface area contributed by atoms with Gasteiger partial charge in [0.1, 0.15) is 11.6 Å². The van der Waals surface area contributed by atoms with Gasteiger partial charge in [0.05, 0.1) is 0 Å². The second kappa shape index (κ2) is 5.29. The van der Waals surface area contributed by atoms with Gasteiger partial charge < -0.3 is 10.2 Å². The number of nitrogens with one attached hydrogen (secondary N) is 1. The van der Waals surface area contributed by atoms with Gasteiger partial charge in [-0.15, -0.1) is 0 Å². The third-order valence-corrected chi connectivity index (χ3v) is 6.22. The molecule has 1 heterocycles. The minimum Gasteiger partial charge on any atom is -0.340 e. The Hall–Kier alpha value is -1.06. The minimum atomic E-state index is -0.574. The highest BCUT2D eigenvalue weighted by Gasteiger charge is 2.52. The van der Waals surface area contributed by atoms with Crippen molar-refractivity contribution in [1.29, 1.82) is 0 Å². The molecule has 0 radical (unpaired) electrons. The molecule has 1 N–H and O–H groups in total. The molecular weight excluding hydrogens is 264 g/mol. The molecule has 4 nitrogen and oxygen atoms in total. The van der Waals surface area contributed by atoms with E-state index in [0.29, 0.717) is 5.92 Å². The molecule has 1 spiro atoms. The van der Waals surface area contributed by atoms with Crippen LogP contribution in [0, 0.1) is 11.8 Å². The Kier molecular flexibility index (Phi) is 3.74. The molecule has 1 saturated heterocycles. The van der Waals surface area contributed by atoms with Crippen molar-refractivity contribution in [2.24, 2.45) is 11.8 Å². The van der Waals surface area contributed by atoms with E-state index in [1.54, 1.807) is 0 Å². The highest BCUT2D eigenvalue weighted by molar-refractivity contribution is 6.00. The summed E-state index contributed by atoms with van der Waals surface area (Å²) in [5, 5.41) is 3.05. The first-order valence-corrected chi connectivity index (χ1v) is 8.59. The van der Waals surface area contributed by atoms with Crippen molar-refractivity contribution in [3.05, 3.63) is 0 Å². The smallest absolute Gasteiger partial charge is 0.249 e. The van der Waals surface area contributed by atoms with Crippen molar-refractivity contribution in [2.75, 3.05) is 0 Å². The zero-order valence-electron chi connectivity index (χ0n) is 13.5. The molecular formula is C17H28N2O2. The van der Waals surface area contributed by atoms with Crippen LogP contribution >= 0.6 is 0 Å². The Morgan fingerprint density at radius 2 is 1.71 bits per heavy atom. The molecule has 3 fully saturated rings. The summed E-state index contributed by atoms with van der Waals surface area (Å²) >= 11 is 0. The van der Waals surface area contributed by atoms with Gasteiger partial charge >= 0.3 is 0 Å². The maximum absolute atomic E-state index is 13.1. The molecule has 0 aromatic rings. The van der Waals surface area contributed by atoms with Crippen LogP contribution in [0.5, 0.6) is 0 Å². The summed E-state index contributed by atoms with van der Waals surface area (Å²) in [6.07, 6.45) is 6.99. The van der Waals surface area contributed by atoms with Gasteiger partial charge in [0, 0.05) is 6.04 Å². The molecule has 3 aliphatic rings. The molecule has 4 unspecified atom stereocenters. The fourth-order valence-electron chi connectivity index (χ4n) is 4.51. The Bertz CT molecular complexity index is 442. The second-order valence-electron chi connectivity index (χ2n) is 7.59. The predicted molar refractivity (Wildman–Crippen MR) is 81.6 cm³/mol. The monoisotopic (exact) mass is 292 g/mol. The molecule has 2 saturated carbocycles. The number of hydrogen-bond acceptors (Lipinski definition) is 2. The third kappa shape index (κ3) is 2.36. The van der Waals surface area contributed by atoms with E-state index in [0.717, 1.165) is 50.9 Å². The van der Waals surface area contributed by atoms with Gasteiger partial charge in [-0.05, 0) is 50.9 Å². The molecule has 4 heteroatoms. The number of rotatable bonds is 1. The molecule has 0 aromatic carbocycles. The van der Waals surface area contributed by atoms with Crippen LogP contribution in [0.3, 0.4) is 0 Å². The average molecular weight is 292 g/mol. The molecule has 2 aliphatic carbocycles. The molecule has 0 aromatic heterocycles. The summed E-state index contributed by atoms with van der Waals surface area (Å²) < 4.78 is 0. The lowest BCUT2D eigenvalue weighted by Gasteiger charge is -2.49. The topological polar surface area (TPSA) is 49.4 Å². The maximum Gasteiger partial charge on any atom is 0.249 e. The van der Waals surface area contributed by atoms with Gasteiger partial charge in [-0.2, -0.15) is 0 Å². The zero-order chi connectivity index (χ0) is 15.2. The first-order valence-electron chi connectivity index (χ1n) is 8.59. The molecule has 118 valence electrons. The fraction of sp³-hybridized carbons (Fsp3) is 0.882. The number of amides is 2. The SMILES string of the molecule is CC1CCC(N2C(=O)C3(CCCC3)NC(=O)C2C)CC1C. The lowest BCUT2D eigenvalue weighted by molar-refractivity contribution is -0.158. The van der Waals surface area contributed by atoms with E-state index in [4.69, 9.17) is 0 Å². The van der Waals surface area contributed by atoms with E-state index in [2.05, 4.69) is 19.2 Å².